The lowest BCUT2D eigenvalue weighted by atomic mass is 10.2. The first-order valence-corrected chi connectivity index (χ1v) is 6.41. The molecule has 5 heteroatoms. The van der Waals surface area contributed by atoms with Crippen molar-refractivity contribution in [2.75, 3.05) is 6.54 Å². The van der Waals surface area contributed by atoms with Crippen molar-refractivity contribution in [3.8, 4) is 11.8 Å². The van der Waals surface area contributed by atoms with Crippen molar-refractivity contribution < 1.29 is 4.79 Å². The van der Waals surface area contributed by atoms with Crippen molar-refractivity contribution in [1.82, 2.24) is 20.7 Å². The van der Waals surface area contributed by atoms with Gasteiger partial charge in [-0.05, 0) is 32.6 Å². The Morgan fingerprint density at radius 3 is 3.00 bits per heavy atom. The summed E-state index contributed by atoms with van der Waals surface area (Å²) in [6, 6.07) is 0. The molecule has 0 spiro atoms. The Balaban J connectivity index is 1.73. The minimum absolute atomic E-state index is 0.118. The number of amides is 1. The number of nitrogens with zero attached hydrogens (tertiary/aromatic N) is 2. The second-order valence-electron chi connectivity index (χ2n) is 4.47. The maximum Gasteiger partial charge on any atom is 0.273 e. The van der Waals surface area contributed by atoms with Crippen molar-refractivity contribution in [2.24, 2.45) is 0 Å². The van der Waals surface area contributed by atoms with Crippen molar-refractivity contribution in [1.29, 1.82) is 0 Å². The third kappa shape index (κ3) is 3.33. The van der Waals surface area contributed by atoms with E-state index in [-0.39, 0.29) is 5.91 Å². The van der Waals surface area contributed by atoms with Gasteiger partial charge in [0.15, 0.2) is 5.69 Å². The second kappa shape index (κ2) is 6.20. The highest BCUT2D eigenvalue weighted by atomic mass is 16.2. The van der Waals surface area contributed by atoms with Crippen molar-refractivity contribution in [2.45, 2.75) is 44.9 Å². The van der Waals surface area contributed by atoms with Gasteiger partial charge in [0.25, 0.3) is 5.91 Å². The van der Waals surface area contributed by atoms with E-state index in [1.54, 1.807) is 0 Å². The molecule has 18 heavy (non-hydrogen) atoms. The molecule has 1 aromatic heterocycles. The smallest absolute Gasteiger partial charge is 0.273 e. The maximum absolute atomic E-state index is 11.9. The summed E-state index contributed by atoms with van der Waals surface area (Å²) in [4.78, 5) is 11.9. The summed E-state index contributed by atoms with van der Waals surface area (Å²) in [6.07, 6.45) is 5.07. The summed E-state index contributed by atoms with van der Waals surface area (Å²) in [5, 5.41) is 13.4. The molecule has 1 aliphatic rings. The van der Waals surface area contributed by atoms with E-state index < -0.39 is 0 Å². The SMILES string of the molecule is CC#CCCCCNC(=O)c1n[nH]nc1C1CC1. The van der Waals surface area contributed by atoms with Crippen LogP contribution in [0.2, 0.25) is 0 Å². The molecule has 2 rings (SSSR count). The number of carbonyl (C=O) groups excluding carboxylic acids is 1. The zero-order chi connectivity index (χ0) is 12.8. The van der Waals surface area contributed by atoms with Crippen LogP contribution in [0.5, 0.6) is 0 Å². The monoisotopic (exact) mass is 246 g/mol. The predicted octanol–water partition coefficient (Wildman–Crippen LogP) is 1.61. The van der Waals surface area contributed by atoms with E-state index in [4.69, 9.17) is 0 Å². The molecule has 0 aromatic carbocycles. The Morgan fingerprint density at radius 2 is 2.28 bits per heavy atom. The zero-order valence-electron chi connectivity index (χ0n) is 10.6. The van der Waals surface area contributed by atoms with E-state index in [1.807, 2.05) is 6.92 Å². The van der Waals surface area contributed by atoms with Crippen LogP contribution in [0.3, 0.4) is 0 Å². The standard InChI is InChI=1S/C13H18N4O/c1-2-3-4-5-6-9-14-13(18)12-11(10-7-8-10)15-17-16-12/h10H,4-9H2,1H3,(H,14,18)(H,15,16,17). The minimum Gasteiger partial charge on any atom is -0.351 e. The van der Waals surface area contributed by atoms with E-state index >= 15 is 0 Å². The molecule has 1 aliphatic carbocycles. The number of rotatable bonds is 6. The van der Waals surface area contributed by atoms with Crippen LogP contribution in [0.25, 0.3) is 0 Å². The van der Waals surface area contributed by atoms with Crippen LogP contribution >= 0.6 is 0 Å². The van der Waals surface area contributed by atoms with Gasteiger partial charge in [0, 0.05) is 18.9 Å². The van der Waals surface area contributed by atoms with Crippen molar-refractivity contribution in [3.05, 3.63) is 11.4 Å². The summed E-state index contributed by atoms with van der Waals surface area (Å²) in [7, 11) is 0. The first kappa shape index (κ1) is 12.6. The third-order valence-corrected chi connectivity index (χ3v) is 2.94. The maximum atomic E-state index is 11.9. The summed E-state index contributed by atoms with van der Waals surface area (Å²) in [5.74, 6) is 6.18. The average molecular weight is 246 g/mol. The lowest BCUT2D eigenvalue weighted by Gasteiger charge is -2.02. The molecule has 0 unspecified atom stereocenters. The largest absolute Gasteiger partial charge is 0.351 e. The van der Waals surface area contributed by atoms with Gasteiger partial charge in [-0.3, -0.25) is 4.79 Å². The topological polar surface area (TPSA) is 70.7 Å². The number of nitrogens with one attached hydrogen (secondary N) is 2. The fraction of sp³-hybridized carbons (Fsp3) is 0.615. The summed E-state index contributed by atoms with van der Waals surface area (Å²) < 4.78 is 0. The molecule has 5 nitrogen and oxygen atoms in total. The Kier molecular flexibility index (Phi) is 4.35. The fourth-order valence-electron chi connectivity index (χ4n) is 1.80. The third-order valence-electron chi connectivity index (χ3n) is 2.94. The normalized spacial score (nSPS) is 13.8. The number of carbonyl (C=O) groups is 1. The lowest BCUT2D eigenvalue weighted by molar-refractivity contribution is 0.0947. The molecule has 1 saturated carbocycles. The molecule has 0 atom stereocenters. The number of H-pyrrole nitrogens is 1. The molecule has 1 fully saturated rings. The van der Waals surface area contributed by atoms with Crippen molar-refractivity contribution >= 4 is 5.91 Å². The number of hydrogen-bond acceptors (Lipinski definition) is 3. The Bertz CT molecular complexity index is 465. The summed E-state index contributed by atoms with van der Waals surface area (Å²) in [5.41, 5.74) is 1.29. The van der Waals surface area contributed by atoms with Gasteiger partial charge >= 0.3 is 0 Å². The first-order chi connectivity index (χ1) is 8.83. The number of hydrogen-bond donors (Lipinski definition) is 2. The van der Waals surface area contributed by atoms with E-state index in [0.717, 1.165) is 37.8 Å². The van der Waals surface area contributed by atoms with Gasteiger partial charge in [-0.2, -0.15) is 15.4 Å². The van der Waals surface area contributed by atoms with Crippen LogP contribution in [0, 0.1) is 11.8 Å². The van der Waals surface area contributed by atoms with Crippen LogP contribution in [-0.2, 0) is 0 Å². The summed E-state index contributed by atoms with van der Waals surface area (Å²) >= 11 is 0. The van der Waals surface area contributed by atoms with E-state index in [9.17, 15) is 4.79 Å². The minimum atomic E-state index is -0.118. The molecule has 96 valence electrons. The molecular weight excluding hydrogens is 228 g/mol. The molecular formula is C13H18N4O. The highest BCUT2D eigenvalue weighted by Crippen LogP contribution is 2.39. The lowest BCUT2D eigenvalue weighted by Crippen LogP contribution is -2.25. The van der Waals surface area contributed by atoms with Crippen LogP contribution in [-0.4, -0.2) is 27.9 Å². The van der Waals surface area contributed by atoms with Gasteiger partial charge < -0.3 is 5.32 Å². The molecule has 1 amide bonds. The van der Waals surface area contributed by atoms with Crippen LogP contribution in [0.4, 0.5) is 0 Å². The summed E-state index contributed by atoms with van der Waals surface area (Å²) in [6.45, 7) is 2.51. The van der Waals surface area contributed by atoms with E-state index in [2.05, 4.69) is 32.6 Å². The van der Waals surface area contributed by atoms with Gasteiger partial charge in [0.2, 0.25) is 0 Å². The molecule has 0 saturated heterocycles. The number of aromatic nitrogens is 3. The van der Waals surface area contributed by atoms with Gasteiger partial charge in [-0.25, -0.2) is 0 Å². The quantitative estimate of drug-likeness (QED) is 0.591. The van der Waals surface area contributed by atoms with Crippen LogP contribution < -0.4 is 5.32 Å². The van der Waals surface area contributed by atoms with Gasteiger partial charge in [-0.1, -0.05) is 0 Å². The Morgan fingerprint density at radius 1 is 1.44 bits per heavy atom. The molecule has 0 radical (unpaired) electrons. The highest BCUT2D eigenvalue weighted by Gasteiger charge is 2.31. The highest BCUT2D eigenvalue weighted by molar-refractivity contribution is 5.93. The van der Waals surface area contributed by atoms with E-state index in [1.165, 1.54) is 0 Å². The molecule has 2 N–H and O–H groups in total. The van der Waals surface area contributed by atoms with Gasteiger partial charge in [0.1, 0.15) is 0 Å². The molecule has 0 aliphatic heterocycles. The van der Waals surface area contributed by atoms with Gasteiger partial charge in [-0.15, -0.1) is 11.8 Å². The average Bonchev–Trinajstić information content (AvgIpc) is 3.11. The molecule has 1 heterocycles. The number of unbranched alkanes of at least 4 members (excludes halogenated alkanes) is 2. The second-order valence-corrected chi connectivity index (χ2v) is 4.47. The van der Waals surface area contributed by atoms with Gasteiger partial charge in [0.05, 0.1) is 5.69 Å². The first-order valence-electron chi connectivity index (χ1n) is 6.41. The number of aromatic amines is 1. The molecule has 0 bridgehead atoms. The predicted molar refractivity (Wildman–Crippen MR) is 68.0 cm³/mol. The van der Waals surface area contributed by atoms with Crippen LogP contribution in [0.1, 0.15) is 61.1 Å². The Hall–Kier alpha value is -1.83. The van der Waals surface area contributed by atoms with E-state index in [0.29, 0.717) is 18.2 Å². The van der Waals surface area contributed by atoms with Crippen LogP contribution in [0.15, 0.2) is 0 Å². The zero-order valence-corrected chi connectivity index (χ0v) is 10.6. The van der Waals surface area contributed by atoms with Crippen molar-refractivity contribution in [3.63, 3.8) is 0 Å². The molecule has 1 aromatic rings. The Labute approximate surface area is 107 Å². The fourth-order valence-corrected chi connectivity index (χ4v) is 1.80.